The molecule has 0 aliphatic carbocycles. The molecule has 0 bridgehead atoms. The van der Waals surface area contributed by atoms with E-state index in [1.54, 1.807) is 20.8 Å². The van der Waals surface area contributed by atoms with Gasteiger partial charge >= 0.3 is 6.09 Å². The number of hydrogen-bond acceptors (Lipinski definition) is 3. The second-order valence-electron chi connectivity index (χ2n) is 5.70. The molecule has 0 spiro atoms. The second kappa shape index (κ2) is 5.26. The zero-order valence-corrected chi connectivity index (χ0v) is 11.7. The average molecular weight is 285 g/mol. The zero-order valence-electron chi connectivity index (χ0n) is 11.7. The van der Waals surface area contributed by atoms with Gasteiger partial charge in [0.05, 0.1) is 13.1 Å². The van der Waals surface area contributed by atoms with Crippen LogP contribution in [0.2, 0.25) is 0 Å². The van der Waals surface area contributed by atoms with Gasteiger partial charge in [-0.1, -0.05) is 0 Å². The second-order valence-corrected chi connectivity index (χ2v) is 5.70. The first-order chi connectivity index (χ1) is 9.24. The van der Waals surface area contributed by atoms with Crippen LogP contribution in [0.25, 0.3) is 0 Å². The van der Waals surface area contributed by atoms with Crippen molar-refractivity contribution in [3.8, 4) is 5.75 Å². The number of likely N-dealkylation sites (tertiary alicyclic amines) is 1. The molecule has 1 fully saturated rings. The van der Waals surface area contributed by atoms with Gasteiger partial charge in [-0.3, -0.25) is 0 Å². The van der Waals surface area contributed by atoms with Crippen molar-refractivity contribution in [3.63, 3.8) is 0 Å². The van der Waals surface area contributed by atoms with Crippen LogP contribution in [-0.2, 0) is 4.74 Å². The summed E-state index contributed by atoms with van der Waals surface area (Å²) in [7, 11) is 0. The van der Waals surface area contributed by atoms with Crippen molar-refractivity contribution in [2.24, 2.45) is 0 Å². The van der Waals surface area contributed by atoms with Crippen molar-refractivity contribution in [2.75, 3.05) is 13.1 Å². The van der Waals surface area contributed by atoms with Gasteiger partial charge in [0.2, 0.25) is 0 Å². The molecule has 0 radical (unpaired) electrons. The first kappa shape index (κ1) is 14.6. The van der Waals surface area contributed by atoms with Crippen molar-refractivity contribution >= 4 is 6.09 Å². The molecule has 1 aromatic carbocycles. The summed E-state index contributed by atoms with van der Waals surface area (Å²) in [6.07, 6.45) is -0.723. The number of carbonyl (C=O) groups excluding carboxylic acids is 1. The molecule has 2 rings (SSSR count). The fourth-order valence-corrected chi connectivity index (χ4v) is 1.74. The number of benzene rings is 1. The third-order valence-electron chi connectivity index (χ3n) is 2.69. The number of nitrogens with zero attached hydrogens (tertiary/aromatic N) is 1. The summed E-state index contributed by atoms with van der Waals surface area (Å²) in [5.41, 5.74) is -0.550. The van der Waals surface area contributed by atoms with E-state index in [0.29, 0.717) is 13.1 Å². The van der Waals surface area contributed by atoms with E-state index in [2.05, 4.69) is 0 Å². The summed E-state index contributed by atoms with van der Waals surface area (Å²) in [4.78, 5) is 13.1. The van der Waals surface area contributed by atoms with Gasteiger partial charge < -0.3 is 14.4 Å². The Balaban J connectivity index is 1.83. The molecule has 0 unspecified atom stereocenters. The van der Waals surface area contributed by atoms with Crippen LogP contribution in [-0.4, -0.2) is 35.8 Å². The van der Waals surface area contributed by atoms with Gasteiger partial charge in [0.15, 0.2) is 11.6 Å². The monoisotopic (exact) mass is 285 g/mol. The summed E-state index contributed by atoms with van der Waals surface area (Å²) in [6.45, 7) is 6.00. The fraction of sp³-hybridized carbons (Fsp3) is 0.500. The minimum absolute atomic E-state index is 0.0137. The van der Waals surface area contributed by atoms with Crippen molar-refractivity contribution in [1.29, 1.82) is 0 Å². The van der Waals surface area contributed by atoms with Gasteiger partial charge in [0, 0.05) is 6.07 Å². The van der Waals surface area contributed by atoms with Crippen LogP contribution in [0, 0.1) is 11.6 Å². The molecule has 20 heavy (non-hydrogen) atoms. The Bertz CT molecular complexity index is 508. The molecular weight excluding hydrogens is 268 g/mol. The minimum Gasteiger partial charge on any atom is -0.484 e. The van der Waals surface area contributed by atoms with Gasteiger partial charge in [-0.2, -0.15) is 0 Å². The molecular formula is C14H17F2NO3. The number of ether oxygens (including phenoxy) is 2. The van der Waals surface area contributed by atoms with Crippen LogP contribution in [0.15, 0.2) is 18.2 Å². The van der Waals surface area contributed by atoms with E-state index in [4.69, 9.17) is 9.47 Å². The molecule has 4 nitrogen and oxygen atoms in total. The molecule has 1 saturated heterocycles. The van der Waals surface area contributed by atoms with Crippen LogP contribution in [0.5, 0.6) is 5.75 Å². The van der Waals surface area contributed by atoms with Gasteiger partial charge in [-0.05, 0) is 32.9 Å². The predicted molar refractivity (Wildman–Crippen MR) is 68.6 cm³/mol. The maximum Gasteiger partial charge on any atom is 0.410 e. The average Bonchev–Trinajstić information content (AvgIpc) is 2.22. The Labute approximate surface area is 116 Å². The number of hydrogen-bond donors (Lipinski definition) is 0. The Kier molecular flexibility index (Phi) is 3.83. The van der Waals surface area contributed by atoms with E-state index in [1.807, 2.05) is 0 Å². The summed E-state index contributed by atoms with van der Waals surface area (Å²) >= 11 is 0. The molecule has 6 heteroatoms. The molecule has 1 amide bonds. The van der Waals surface area contributed by atoms with Crippen molar-refractivity contribution in [1.82, 2.24) is 4.90 Å². The largest absolute Gasteiger partial charge is 0.484 e. The van der Waals surface area contributed by atoms with E-state index in [1.165, 1.54) is 11.0 Å². The molecule has 1 aliphatic rings. The Morgan fingerprint density at radius 3 is 2.50 bits per heavy atom. The van der Waals surface area contributed by atoms with Crippen molar-refractivity contribution in [2.45, 2.75) is 32.5 Å². The predicted octanol–water partition coefficient (Wildman–Crippen LogP) is 2.96. The topological polar surface area (TPSA) is 38.8 Å². The standard InChI is InChI=1S/C14H17F2NO3/c1-14(2,3)20-13(18)17-7-10(8-17)19-12-5-4-9(15)6-11(12)16/h4-6,10H,7-8H2,1-3H3. The molecule has 0 N–H and O–H groups in total. The normalized spacial score (nSPS) is 15.8. The minimum atomic E-state index is -0.749. The highest BCUT2D eigenvalue weighted by molar-refractivity contribution is 5.69. The van der Waals surface area contributed by atoms with E-state index in [0.717, 1.165) is 12.1 Å². The van der Waals surface area contributed by atoms with E-state index in [-0.39, 0.29) is 11.9 Å². The zero-order chi connectivity index (χ0) is 14.9. The third-order valence-corrected chi connectivity index (χ3v) is 2.69. The molecule has 1 aliphatic heterocycles. The summed E-state index contributed by atoms with van der Waals surface area (Å²) < 4.78 is 36.7. The highest BCUT2D eigenvalue weighted by Crippen LogP contribution is 2.23. The smallest absolute Gasteiger partial charge is 0.410 e. The van der Waals surface area contributed by atoms with E-state index < -0.39 is 23.3 Å². The van der Waals surface area contributed by atoms with Gasteiger partial charge in [-0.15, -0.1) is 0 Å². The Morgan fingerprint density at radius 2 is 1.95 bits per heavy atom. The third kappa shape index (κ3) is 3.59. The van der Waals surface area contributed by atoms with Crippen molar-refractivity contribution in [3.05, 3.63) is 29.8 Å². The first-order valence-corrected chi connectivity index (χ1v) is 6.34. The Hall–Kier alpha value is -1.85. The molecule has 0 atom stereocenters. The number of carbonyl (C=O) groups is 1. The maximum atomic E-state index is 13.4. The van der Waals surface area contributed by atoms with Gasteiger partial charge in [0.25, 0.3) is 0 Å². The maximum absolute atomic E-state index is 13.4. The molecule has 0 aromatic heterocycles. The van der Waals surface area contributed by atoms with Crippen LogP contribution in [0.4, 0.5) is 13.6 Å². The Morgan fingerprint density at radius 1 is 1.30 bits per heavy atom. The molecule has 0 saturated carbocycles. The lowest BCUT2D eigenvalue weighted by atomic mass is 10.1. The number of halogens is 2. The lowest BCUT2D eigenvalue weighted by Gasteiger charge is -2.39. The van der Waals surface area contributed by atoms with Crippen LogP contribution >= 0.6 is 0 Å². The highest BCUT2D eigenvalue weighted by Gasteiger charge is 2.35. The summed E-state index contributed by atoms with van der Waals surface area (Å²) in [5.74, 6) is -1.42. The van der Waals surface area contributed by atoms with Crippen LogP contribution in [0.3, 0.4) is 0 Å². The van der Waals surface area contributed by atoms with Crippen LogP contribution in [0.1, 0.15) is 20.8 Å². The van der Waals surface area contributed by atoms with E-state index in [9.17, 15) is 13.6 Å². The molecule has 1 aromatic rings. The lowest BCUT2D eigenvalue weighted by Crippen LogP contribution is -2.57. The quantitative estimate of drug-likeness (QED) is 0.838. The first-order valence-electron chi connectivity index (χ1n) is 6.34. The van der Waals surface area contributed by atoms with E-state index >= 15 is 0 Å². The fourth-order valence-electron chi connectivity index (χ4n) is 1.74. The molecule has 110 valence electrons. The van der Waals surface area contributed by atoms with Crippen LogP contribution < -0.4 is 4.74 Å². The van der Waals surface area contributed by atoms with Gasteiger partial charge in [-0.25, -0.2) is 13.6 Å². The summed E-state index contributed by atoms with van der Waals surface area (Å²) in [5, 5.41) is 0. The number of rotatable bonds is 2. The lowest BCUT2D eigenvalue weighted by molar-refractivity contribution is -0.0229. The highest BCUT2D eigenvalue weighted by atomic mass is 19.1. The number of amides is 1. The molecule has 1 heterocycles. The SMILES string of the molecule is CC(C)(C)OC(=O)N1CC(Oc2ccc(F)cc2F)C1. The van der Waals surface area contributed by atoms with Gasteiger partial charge in [0.1, 0.15) is 17.5 Å². The van der Waals surface area contributed by atoms with Crippen molar-refractivity contribution < 1.29 is 23.0 Å². The summed E-state index contributed by atoms with van der Waals surface area (Å²) in [6, 6.07) is 3.13.